The number of carbonyl (C=O) groups excluding carboxylic acids is 1. The van der Waals surface area contributed by atoms with Gasteiger partial charge in [0.25, 0.3) is 5.91 Å². The molecule has 1 aromatic heterocycles. The fourth-order valence-electron chi connectivity index (χ4n) is 1.73. The van der Waals surface area contributed by atoms with E-state index in [0.29, 0.717) is 11.5 Å². The molecule has 2 N–H and O–H groups in total. The second-order valence-corrected chi connectivity index (χ2v) is 4.11. The van der Waals surface area contributed by atoms with Crippen molar-refractivity contribution in [2.45, 2.75) is 13.5 Å². The van der Waals surface area contributed by atoms with Crippen LogP contribution in [0.3, 0.4) is 0 Å². The average molecular weight is 276 g/mol. The number of hydrogen-bond donors (Lipinski definition) is 2. The van der Waals surface area contributed by atoms with Crippen LogP contribution in [0.25, 0.3) is 0 Å². The molecule has 8 heteroatoms. The van der Waals surface area contributed by atoms with Crippen molar-refractivity contribution in [1.29, 1.82) is 0 Å². The number of rotatable bonds is 4. The molecule has 2 rings (SSSR count). The SMILES string of the molecule is Cc1ncc([N+](=O)[O-])n1CC(=O)Nc1cccc(O)c1. The topological polar surface area (TPSA) is 110 Å². The molecule has 0 atom stereocenters. The minimum Gasteiger partial charge on any atom is -0.508 e. The number of phenols is 1. The van der Waals surface area contributed by atoms with E-state index in [2.05, 4.69) is 10.3 Å². The van der Waals surface area contributed by atoms with Gasteiger partial charge in [-0.1, -0.05) is 6.07 Å². The summed E-state index contributed by atoms with van der Waals surface area (Å²) in [5.74, 6) is -0.288. The Balaban J connectivity index is 2.12. The Morgan fingerprint density at radius 2 is 2.30 bits per heavy atom. The van der Waals surface area contributed by atoms with Crippen LogP contribution in [-0.4, -0.2) is 25.5 Å². The Hall–Kier alpha value is -2.90. The van der Waals surface area contributed by atoms with E-state index in [1.807, 2.05) is 0 Å². The molecule has 0 spiro atoms. The van der Waals surface area contributed by atoms with Crippen molar-refractivity contribution in [2.24, 2.45) is 0 Å². The van der Waals surface area contributed by atoms with Crippen LogP contribution in [0.5, 0.6) is 5.75 Å². The Kier molecular flexibility index (Phi) is 3.65. The van der Waals surface area contributed by atoms with Crippen molar-refractivity contribution in [3.8, 4) is 5.75 Å². The van der Waals surface area contributed by atoms with Crippen LogP contribution in [0, 0.1) is 17.0 Å². The number of aromatic hydroxyl groups is 1. The van der Waals surface area contributed by atoms with Crippen LogP contribution in [-0.2, 0) is 11.3 Å². The van der Waals surface area contributed by atoms with Crippen LogP contribution >= 0.6 is 0 Å². The molecule has 0 aliphatic rings. The van der Waals surface area contributed by atoms with Crippen LogP contribution in [0.2, 0.25) is 0 Å². The molecule has 0 saturated heterocycles. The molecule has 0 aliphatic carbocycles. The molecule has 0 aliphatic heterocycles. The highest BCUT2D eigenvalue weighted by Crippen LogP contribution is 2.17. The lowest BCUT2D eigenvalue weighted by molar-refractivity contribution is -0.392. The molecule has 20 heavy (non-hydrogen) atoms. The Morgan fingerprint density at radius 3 is 2.95 bits per heavy atom. The molecule has 0 radical (unpaired) electrons. The molecule has 8 nitrogen and oxygen atoms in total. The monoisotopic (exact) mass is 276 g/mol. The Labute approximate surface area is 113 Å². The van der Waals surface area contributed by atoms with E-state index in [9.17, 15) is 20.0 Å². The highest BCUT2D eigenvalue weighted by atomic mass is 16.6. The number of nitrogens with zero attached hydrogens (tertiary/aromatic N) is 3. The summed E-state index contributed by atoms with van der Waals surface area (Å²) in [6.07, 6.45) is 1.11. The Morgan fingerprint density at radius 1 is 1.55 bits per heavy atom. The summed E-state index contributed by atoms with van der Waals surface area (Å²) in [4.78, 5) is 25.9. The van der Waals surface area contributed by atoms with Gasteiger partial charge in [0.2, 0.25) is 0 Å². The van der Waals surface area contributed by atoms with E-state index >= 15 is 0 Å². The molecule has 1 aromatic carbocycles. The zero-order chi connectivity index (χ0) is 14.7. The minimum atomic E-state index is -0.596. The van der Waals surface area contributed by atoms with Gasteiger partial charge in [-0.2, -0.15) is 0 Å². The lowest BCUT2D eigenvalue weighted by Crippen LogP contribution is -2.20. The van der Waals surface area contributed by atoms with Crippen molar-refractivity contribution in [2.75, 3.05) is 5.32 Å². The predicted octanol–water partition coefficient (Wildman–Crippen LogP) is 1.44. The molecule has 0 fully saturated rings. The van der Waals surface area contributed by atoms with Crippen LogP contribution in [0.1, 0.15) is 5.82 Å². The number of nitrogens with one attached hydrogen (secondary N) is 1. The summed E-state index contributed by atoms with van der Waals surface area (Å²) in [6, 6.07) is 6.04. The molecule has 104 valence electrons. The van der Waals surface area contributed by atoms with E-state index in [1.54, 1.807) is 19.1 Å². The first kappa shape index (κ1) is 13.5. The standard InChI is InChI=1S/C12H12N4O4/c1-8-13-6-12(16(19)20)15(8)7-11(18)14-9-3-2-4-10(17)5-9/h2-6,17H,7H2,1H3,(H,14,18). The lowest BCUT2D eigenvalue weighted by atomic mass is 10.3. The first-order chi connectivity index (χ1) is 9.47. The largest absolute Gasteiger partial charge is 0.508 e. The van der Waals surface area contributed by atoms with E-state index in [0.717, 1.165) is 6.20 Å². The fourth-order valence-corrected chi connectivity index (χ4v) is 1.73. The summed E-state index contributed by atoms with van der Waals surface area (Å²) in [7, 11) is 0. The maximum atomic E-state index is 11.9. The van der Waals surface area contributed by atoms with Gasteiger partial charge in [-0.05, 0) is 17.1 Å². The number of aromatic nitrogens is 2. The van der Waals surface area contributed by atoms with E-state index < -0.39 is 10.8 Å². The van der Waals surface area contributed by atoms with E-state index in [4.69, 9.17) is 0 Å². The number of carbonyl (C=O) groups is 1. The van der Waals surface area contributed by atoms with Gasteiger partial charge in [0.1, 0.15) is 11.9 Å². The van der Waals surface area contributed by atoms with Gasteiger partial charge in [0.05, 0.1) is 0 Å². The summed E-state index contributed by atoms with van der Waals surface area (Å²) < 4.78 is 1.21. The highest BCUT2D eigenvalue weighted by Gasteiger charge is 2.20. The Bertz CT molecular complexity index is 665. The third-order valence-corrected chi connectivity index (χ3v) is 2.65. The predicted molar refractivity (Wildman–Crippen MR) is 70.4 cm³/mol. The number of nitro groups is 1. The van der Waals surface area contributed by atoms with Crippen molar-refractivity contribution in [3.05, 3.63) is 46.4 Å². The van der Waals surface area contributed by atoms with Crippen molar-refractivity contribution in [3.63, 3.8) is 0 Å². The summed E-state index contributed by atoms with van der Waals surface area (Å²) >= 11 is 0. The second-order valence-electron chi connectivity index (χ2n) is 4.11. The van der Waals surface area contributed by atoms with Gasteiger partial charge < -0.3 is 20.5 Å². The number of anilines is 1. The number of imidazole rings is 1. The maximum absolute atomic E-state index is 11.9. The maximum Gasteiger partial charge on any atom is 0.343 e. The number of amides is 1. The smallest absolute Gasteiger partial charge is 0.343 e. The first-order valence-corrected chi connectivity index (χ1v) is 5.73. The van der Waals surface area contributed by atoms with Gasteiger partial charge >= 0.3 is 5.82 Å². The minimum absolute atomic E-state index is 0.0209. The quantitative estimate of drug-likeness (QED) is 0.648. The molecule has 0 unspecified atom stereocenters. The average Bonchev–Trinajstić information content (AvgIpc) is 2.71. The van der Waals surface area contributed by atoms with Crippen LogP contribution in [0.15, 0.2) is 30.5 Å². The molecular formula is C12H12N4O4. The van der Waals surface area contributed by atoms with Gasteiger partial charge in [0.15, 0.2) is 12.4 Å². The van der Waals surface area contributed by atoms with Crippen molar-refractivity contribution in [1.82, 2.24) is 9.55 Å². The second kappa shape index (κ2) is 5.39. The highest BCUT2D eigenvalue weighted by molar-refractivity contribution is 5.90. The third kappa shape index (κ3) is 2.91. The first-order valence-electron chi connectivity index (χ1n) is 5.73. The van der Waals surface area contributed by atoms with Gasteiger partial charge in [-0.25, -0.2) is 9.55 Å². The molecule has 0 bridgehead atoms. The third-order valence-electron chi connectivity index (χ3n) is 2.65. The van der Waals surface area contributed by atoms with E-state index in [-0.39, 0.29) is 18.1 Å². The summed E-state index contributed by atoms with van der Waals surface area (Å²) in [6.45, 7) is 1.35. The molecule has 2 aromatic rings. The number of phenolic OH excluding ortho intramolecular Hbond substituents is 1. The zero-order valence-corrected chi connectivity index (χ0v) is 10.6. The number of benzene rings is 1. The molecule has 1 amide bonds. The number of aryl methyl sites for hydroxylation is 1. The van der Waals surface area contributed by atoms with Gasteiger partial charge in [-0.3, -0.25) is 4.79 Å². The molecular weight excluding hydrogens is 264 g/mol. The zero-order valence-electron chi connectivity index (χ0n) is 10.6. The van der Waals surface area contributed by atoms with E-state index in [1.165, 1.54) is 16.7 Å². The fraction of sp³-hybridized carbons (Fsp3) is 0.167. The van der Waals surface area contributed by atoms with Crippen LogP contribution < -0.4 is 5.32 Å². The van der Waals surface area contributed by atoms with Gasteiger partial charge in [-0.15, -0.1) is 0 Å². The van der Waals surface area contributed by atoms with Crippen molar-refractivity contribution >= 4 is 17.4 Å². The molecule has 0 saturated carbocycles. The van der Waals surface area contributed by atoms with Crippen LogP contribution in [0.4, 0.5) is 11.5 Å². The number of hydrogen-bond acceptors (Lipinski definition) is 5. The van der Waals surface area contributed by atoms with Crippen molar-refractivity contribution < 1.29 is 14.8 Å². The summed E-state index contributed by atoms with van der Waals surface area (Å²) in [5.41, 5.74) is 0.412. The molecule has 1 heterocycles. The normalized spacial score (nSPS) is 10.2. The summed E-state index contributed by atoms with van der Waals surface area (Å²) in [5, 5.41) is 22.6. The lowest BCUT2D eigenvalue weighted by Gasteiger charge is -2.05. The van der Waals surface area contributed by atoms with Gasteiger partial charge in [0, 0.05) is 18.7 Å².